The van der Waals surface area contributed by atoms with Gasteiger partial charge < -0.3 is 10.5 Å². The molecule has 0 radical (unpaired) electrons. The Morgan fingerprint density at radius 1 is 1.28 bits per heavy atom. The SMILES string of the molecule is NC1CCOC(c2ccc(F)cc2C(F)(F)F)C1. The fourth-order valence-corrected chi connectivity index (χ4v) is 2.09. The summed E-state index contributed by atoms with van der Waals surface area (Å²) in [5.41, 5.74) is 4.69. The van der Waals surface area contributed by atoms with E-state index in [1.807, 2.05) is 0 Å². The number of alkyl halides is 3. The summed E-state index contributed by atoms with van der Waals surface area (Å²) in [6.45, 7) is 0.320. The summed E-state index contributed by atoms with van der Waals surface area (Å²) in [6.07, 6.45) is -4.37. The normalized spacial score (nSPS) is 25.2. The molecule has 1 aromatic rings. The number of halogens is 4. The van der Waals surface area contributed by atoms with E-state index in [-0.39, 0.29) is 11.6 Å². The highest BCUT2D eigenvalue weighted by atomic mass is 19.4. The number of hydrogen-bond acceptors (Lipinski definition) is 2. The quantitative estimate of drug-likeness (QED) is 0.790. The Balaban J connectivity index is 2.37. The first-order valence-corrected chi connectivity index (χ1v) is 5.62. The van der Waals surface area contributed by atoms with Crippen LogP contribution >= 0.6 is 0 Å². The lowest BCUT2D eigenvalue weighted by molar-refractivity contribution is -0.140. The standard InChI is InChI=1S/C12H13F4NO/c13-7-1-2-9(10(5-7)12(14,15)16)11-6-8(17)3-4-18-11/h1-2,5,8,11H,3-4,6,17H2. The van der Waals surface area contributed by atoms with Gasteiger partial charge in [-0.15, -0.1) is 0 Å². The highest BCUT2D eigenvalue weighted by molar-refractivity contribution is 5.32. The molecule has 1 aliphatic rings. The van der Waals surface area contributed by atoms with Gasteiger partial charge in [-0.3, -0.25) is 0 Å². The van der Waals surface area contributed by atoms with Gasteiger partial charge in [-0.05, 0) is 30.5 Å². The van der Waals surface area contributed by atoms with Crippen LogP contribution < -0.4 is 5.73 Å². The van der Waals surface area contributed by atoms with E-state index >= 15 is 0 Å². The van der Waals surface area contributed by atoms with Crippen molar-refractivity contribution in [2.75, 3.05) is 6.61 Å². The minimum absolute atomic E-state index is 0.0425. The zero-order valence-electron chi connectivity index (χ0n) is 9.51. The van der Waals surface area contributed by atoms with Crippen molar-refractivity contribution in [2.24, 2.45) is 5.73 Å². The van der Waals surface area contributed by atoms with E-state index in [4.69, 9.17) is 10.5 Å². The van der Waals surface area contributed by atoms with E-state index in [1.165, 1.54) is 0 Å². The molecule has 1 saturated heterocycles. The van der Waals surface area contributed by atoms with Gasteiger partial charge in [0.2, 0.25) is 0 Å². The van der Waals surface area contributed by atoms with Crippen LogP contribution in [-0.2, 0) is 10.9 Å². The maximum Gasteiger partial charge on any atom is 0.416 e. The average molecular weight is 263 g/mol. The van der Waals surface area contributed by atoms with Gasteiger partial charge in [-0.1, -0.05) is 6.07 Å². The smallest absolute Gasteiger partial charge is 0.373 e. The van der Waals surface area contributed by atoms with E-state index in [0.717, 1.165) is 12.1 Å². The molecule has 6 heteroatoms. The summed E-state index contributed by atoms with van der Waals surface area (Å²) in [6, 6.07) is 2.45. The molecule has 1 aliphatic heterocycles. The van der Waals surface area contributed by atoms with E-state index in [1.54, 1.807) is 0 Å². The molecule has 0 saturated carbocycles. The third kappa shape index (κ3) is 2.81. The minimum Gasteiger partial charge on any atom is -0.373 e. The number of ether oxygens (including phenoxy) is 1. The summed E-state index contributed by atoms with van der Waals surface area (Å²) in [7, 11) is 0. The van der Waals surface area contributed by atoms with Crippen molar-refractivity contribution in [3.05, 3.63) is 35.1 Å². The van der Waals surface area contributed by atoms with Crippen molar-refractivity contribution < 1.29 is 22.3 Å². The van der Waals surface area contributed by atoms with Gasteiger partial charge in [0.05, 0.1) is 11.7 Å². The van der Waals surface area contributed by atoms with Crippen molar-refractivity contribution in [1.29, 1.82) is 0 Å². The second-order valence-electron chi connectivity index (χ2n) is 4.37. The second-order valence-corrected chi connectivity index (χ2v) is 4.37. The maximum absolute atomic E-state index is 13.0. The van der Waals surface area contributed by atoms with Crippen LogP contribution in [-0.4, -0.2) is 12.6 Å². The molecule has 0 spiro atoms. The van der Waals surface area contributed by atoms with E-state index < -0.39 is 23.7 Å². The lowest BCUT2D eigenvalue weighted by Gasteiger charge is -2.29. The molecule has 2 N–H and O–H groups in total. The van der Waals surface area contributed by atoms with Crippen LogP contribution in [0.2, 0.25) is 0 Å². The second kappa shape index (κ2) is 4.85. The molecule has 1 aromatic carbocycles. The Labute approximate surface area is 102 Å². The van der Waals surface area contributed by atoms with Crippen LogP contribution in [0.5, 0.6) is 0 Å². The van der Waals surface area contributed by atoms with Gasteiger partial charge in [0.15, 0.2) is 0 Å². The van der Waals surface area contributed by atoms with Crippen molar-refractivity contribution in [1.82, 2.24) is 0 Å². The van der Waals surface area contributed by atoms with Gasteiger partial charge in [-0.2, -0.15) is 13.2 Å². The Bertz CT molecular complexity index is 433. The maximum atomic E-state index is 13.0. The molecule has 1 heterocycles. The molecule has 0 aromatic heterocycles. The molecular weight excluding hydrogens is 250 g/mol. The average Bonchev–Trinajstić information content (AvgIpc) is 2.27. The van der Waals surface area contributed by atoms with Gasteiger partial charge in [0.1, 0.15) is 5.82 Å². The predicted molar refractivity (Wildman–Crippen MR) is 57.3 cm³/mol. The van der Waals surface area contributed by atoms with E-state index in [9.17, 15) is 17.6 Å². The third-order valence-electron chi connectivity index (χ3n) is 2.99. The Morgan fingerprint density at radius 2 is 2.00 bits per heavy atom. The Morgan fingerprint density at radius 3 is 2.61 bits per heavy atom. The zero-order chi connectivity index (χ0) is 13.3. The van der Waals surface area contributed by atoms with Crippen molar-refractivity contribution in [3.8, 4) is 0 Å². The highest BCUT2D eigenvalue weighted by Gasteiger charge is 2.37. The van der Waals surface area contributed by atoms with Crippen LogP contribution in [0.3, 0.4) is 0 Å². The summed E-state index contributed by atoms with van der Waals surface area (Å²) in [5, 5.41) is 0. The van der Waals surface area contributed by atoms with Gasteiger partial charge >= 0.3 is 6.18 Å². The topological polar surface area (TPSA) is 35.2 Å². The van der Waals surface area contributed by atoms with Crippen LogP contribution in [0.1, 0.15) is 30.1 Å². The molecule has 0 bridgehead atoms. The van der Waals surface area contributed by atoms with E-state index in [0.29, 0.717) is 25.5 Å². The first-order chi connectivity index (χ1) is 8.38. The Hall–Kier alpha value is -1.14. The highest BCUT2D eigenvalue weighted by Crippen LogP contribution is 2.38. The van der Waals surface area contributed by atoms with Crippen molar-refractivity contribution in [3.63, 3.8) is 0 Å². The number of nitrogens with two attached hydrogens (primary N) is 1. The van der Waals surface area contributed by atoms with Crippen molar-refractivity contribution in [2.45, 2.75) is 31.2 Å². The first-order valence-electron chi connectivity index (χ1n) is 5.62. The lowest BCUT2D eigenvalue weighted by Crippen LogP contribution is -2.31. The van der Waals surface area contributed by atoms with Gasteiger partial charge in [0.25, 0.3) is 0 Å². The molecule has 2 unspecified atom stereocenters. The molecular formula is C12H13F4NO. The summed E-state index contributed by atoms with van der Waals surface area (Å²) in [5.74, 6) is -0.911. The molecule has 2 atom stereocenters. The van der Waals surface area contributed by atoms with Gasteiger partial charge in [-0.25, -0.2) is 4.39 Å². The third-order valence-corrected chi connectivity index (χ3v) is 2.99. The summed E-state index contributed by atoms with van der Waals surface area (Å²) >= 11 is 0. The summed E-state index contributed by atoms with van der Waals surface area (Å²) in [4.78, 5) is 0. The molecule has 0 aliphatic carbocycles. The fourth-order valence-electron chi connectivity index (χ4n) is 2.09. The van der Waals surface area contributed by atoms with Gasteiger partial charge in [0, 0.05) is 12.6 Å². The van der Waals surface area contributed by atoms with Crippen LogP contribution in [0.25, 0.3) is 0 Å². The zero-order valence-corrected chi connectivity index (χ0v) is 9.51. The molecule has 2 nitrogen and oxygen atoms in total. The fraction of sp³-hybridized carbons (Fsp3) is 0.500. The first kappa shape index (κ1) is 13.3. The van der Waals surface area contributed by atoms with Crippen LogP contribution in [0.4, 0.5) is 17.6 Å². The largest absolute Gasteiger partial charge is 0.416 e. The molecule has 0 amide bonds. The van der Waals surface area contributed by atoms with Crippen LogP contribution in [0.15, 0.2) is 18.2 Å². The molecule has 100 valence electrons. The number of hydrogen-bond donors (Lipinski definition) is 1. The lowest BCUT2D eigenvalue weighted by atomic mass is 9.94. The van der Waals surface area contributed by atoms with Crippen LogP contribution in [0, 0.1) is 5.82 Å². The molecule has 18 heavy (non-hydrogen) atoms. The Kier molecular flexibility index (Phi) is 3.59. The van der Waals surface area contributed by atoms with E-state index in [2.05, 4.69) is 0 Å². The summed E-state index contributed by atoms with van der Waals surface area (Å²) < 4.78 is 56.7. The number of rotatable bonds is 1. The number of benzene rings is 1. The molecule has 1 fully saturated rings. The molecule has 2 rings (SSSR count). The minimum atomic E-state index is -4.59. The predicted octanol–water partition coefficient (Wildman–Crippen LogP) is 3.02. The monoisotopic (exact) mass is 263 g/mol. The van der Waals surface area contributed by atoms with Crippen molar-refractivity contribution >= 4 is 0 Å².